The Balaban J connectivity index is 1.61. The van der Waals surface area contributed by atoms with Gasteiger partial charge in [-0.3, -0.25) is 9.59 Å². The minimum Gasteiger partial charge on any atom is -0.489 e. The molecule has 0 atom stereocenters. The van der Waals surface area contributed by atoms with E-state index in [0.29, 0.717) is 24.5 Å². The van der Waals surface area contributed by atoms with Crippen LogP contribution < -0.4 is 10.1 Å². The van der Waals surface area contributed by atoms with Gasteiger partial charge in [0.2, 0.25) is 5.91 Å². The van der Waals surface area contributed by atoms with Crippen LogP contribution in [0.25, 0.3) is 0 Å². The van der Waals surface area contributed by atoms with E-state index in [2.05, 4.69) is 5.32 Å². The highest BCUT2D eigenvalue weighted by atomic mass is 16.5. The van der Waals surface area contributed by atoms with Crippen LogP contribution in [0.3, 0.4) is 0 Å². The molecule has 0 bridgehead atoms. The molecule has 3 rings (SSSR count). The molecule has 160 valence electrons. The number of rotatable bonds is 10. The Morgan fingerprint density at radius 3 is 2.42 bits per heavy atom. The van der Waals surface area contributed by atoms with E-state index in [1.807, 2.05) is 86.6 Å². The highest BCUT2D eigenvalue weighted by molar-refractivity contribution is 5.98. The predicted molar refractivity (Wildman–Crippen MR) is 125 cm³/mol. The standard InChI is InChI=1S/C27H29NO3/c1-3-9-26(29)25-15-14-21(16-22(25)4-2)17-27(30)28-23-12-8-13-24(18-23)31-19-20-10-6-5-7-11-20/h5-8,10-16,18H,3-4,9,17,19H2,1-2H3,(H,28,30). The van der Waals surface area contributed by atoms with E-state index in [1.165, 1.54) is 0 Å². The SMILES string of the molecule is CCCC(=O)c1ccc(CC(=O)Nc2cccc(OCc3ccccc3)c2)cc1CC. The van der Waals surface area contributed by atoms with Crippen molar-refractivity contribution in [1.29, 1.82) is 0 Å². The van der Waals surface area contributed by atoms with Crippen molar-refractivity contribution >= 4 is 17.4 Å². The first-order valence-corrected chi connectivity index (χ1v) is 10.8. The number of hydrogen-bond acceptors (Lipinski definition) is 3. The molecular formula is C27H29NO3. The number of nitrogens with one attached hydrogen (secondary N) is 1. The Hall–Kier alpha value is -3.40. The Bertz CT molecular complexity index is 1030. The minimum atomic E-state index is -0.102. The summed E-state index contributed by atoms with van der Waals surface area (Å²) < 4.78 is 5.84. The summed E-state index contributed by atoms with van der Waals surface area (Å²) in [4.78, 5) is 24.9. The third-order valence-electron chi connectivity index (χ3n) is 5.06. The number of aryl methyl sites for hydroxylation is 1. The van der Waals surface area contributed by atoms with E-state index in [9.17, 15) is 9.59 Å². The van der Waals surface area contributed by atoms with Crippen molar-refractivity contribution in [2.45, 2.75) is 46.1 Å². The molecule has 0 heterocycles. The van der Waals surface area contributed by atoms with E-state index in [0.717, 1.165) is 35.1 Å². The first-order chi connectivity index (χ1) is 15.1. The predicted octanol–water partition coefficient (Wildman–Crippen LogP) is 5.99. The van der Waals surface area contributed by atoms with E-state index >= 15 is 0 Å². The molecule has 0 aliphatic carbocycles. The number of Topliss-reactive ketones (excluding diaryl/α,β-unsaturated/α-hetero) is 1. The lowest BCUT2D eigenvalue weighted by Gasteiger charge is -2.11. The topological polar surface area (TPSA) is 55.4 Å². The van der Waals surface area contributed by atoms with Crippen LogP contribution in [0.1, 0.15) is 53.7 Å². The molecule has 0 unspecified atom stereocenters. The average Bonchev–Trinajstić information content (AvgIpc) is 2.78. The summed E-state index contributed by atoms with van der Waals surface area (Å²) in [7, 11) is 0. The number of ketones is 1. The summed E-state index contributed by atoms with van der Waals surface area (Å²) >= 11 is 0. The molecular weight excluding hydrogens is 386 g/mol. The molecule has 1 amide bonds. The number of carbonyl (C=O) groups excluding carboxylic acids is 2. The minimum absolute atomic E-state index is 0.102. The highest BCUT2D eigenvalue weighted by Crippen LogP contribution is 2.20. The van der Waals surface area contributed by atoms with Gasteiger partial charge in [0.25, 0.3) is 0 Å². The lowest BCUT2D eigenvalue weighted by Crippen LogP contribution is -2.15. The van der Waals surface area contributed by atoms with Crippen molar-refractivity contribution < 1.29 is 14.3 Å². The van der Waals surface area contributed by atoms with Crippen molar-refractivity contribution in [2.24, 2.45) is 0 Å². The molecule has 0 saturated heterocycles. The number of amides is 1. The number of hydrogen-bond donors (Lipinski definition) is 1. The van der Waals surface area contributed by atoms with Crippen LogP contribution in [-0.4, -0.2) is 11.7 Å². The molecule has 0 aromatic heterocycles. The monoisotopic (exact) mass is 415 g/mol. The van der Waals surface area contributed by atoms with Gasteiger partial charge in [-0.15, -0.1) is 0 Å². The zero-order chi connectivity index (χ0) is 22.1. The molecule has 0 radical (unpaired) electrons. The van der Waals surface area contributed by atoms with Crippen LogP contribution in [0.5, 0.6) is 5.75 Å². The van der Waals surface area contributed by atoms with E-state index in [-0.39, 0.29) is 18.1 Å². The summed E-state index contributed by atoms with van der Waals surface area (Å²) in [5.74, 6) is 0.770. The second-order valence-electron chi connectivity index (χ2n) is 7.55. The first-order valence-electron chi connectivity index (χ1n) is 10.8. The zero-order valence-electron chi connectivity index (χ0n) is 18.2. The van der Waals surface area contributed by atoms with Crippen molar-refractivity contribution in [3.63, 3.8) is 0 Å². The van der Waals surface area contributed by atoms with E-state index in [1.54, 1.807) is 0 Å². The Labute approximate surface area is 184 Å². The van der Waals surface area contributed by atoms with Gasteiger partial charge in [-0.25, -0.2) is 0 Å². The van der Waals surface area contributed by atoms with Gasteiger partial charge < -0.3 is 10.1 Å². The maximum atomic E-state index is 12.6. The maximum absolute atomic E-state index is 12.6. The van der Waals surface area contributed by atoms with Gasteiger partial charge in [0.15, 0.2) is 5.78 Å². The average molecular weight is 416 g/mol. The summed E-state index contributed by atoms with van der Waals surface area (Å²) in [6.07, 6.45) is 2.40. The molecule has 4 heteroatoms. The first kappa shape index (κ1) is 22.3. The van der Waals surface area contributed by atoms with Crippen LogP contribution in [0.4, 0.5) is 5.69 Å². The van der Waals surface area contributed by atoms with E-state index in [4.69, 9.17) is 4.74 Å². The van der Waals surface area contributed by atoms with Crippen molar-refractivity contribution in [1.82, 2.24) is 0 Å². The molecule has 3 aromatic rings. The highest BCUT2D eigenvalue weighted by Gasteiger charge is 2.12. The van der Waals surface area contributed by atoms with Crippen LogP contribution >= 0.6 is 0 Å². The third kappa shape index (κ3) is 6.54. The van der Waals surface area contributed by atoms with Gasteiger partial charge in [0.05, 0.1) is 6.42 Å². The molecule has 3 aromatic carbocycles. The normalized spacial score (nSPS) is 10.5. The number of carbonyl (C=O) groups is 2. The largest absolute Gasteiger partial charge is 0.489 e. The van der Waals surface area contributed by atoms with E-state index < -0.39 is 0 Å². The molecule has 0 aliphatic heterocycles. The fraction of sp³-hybridized carbons (Fsp3) is 0.259. The van der Waals surface area contributed by atoms with Crippen molar-refractivity contribution in [3.05, 3.63) is 95.1 Å². The molecule has 4 nitrogen and oxygen atoms in total. The summed E-state index contributed by atoms with van der Waals surface area (Å²) in [5, 5.41) is 2.94. The van der Waals surface area contributed by atoms with Gasteiger partial charge >= 0.3 is 0 Å². The Kier molecular flexibility index (Phi) is 7.99. The summed E-state index contributed by atoms with van der Waals surface area (Å²) in [5.41, 5.74) is 4.46. The van der Waals surface area contributed by atoms with Crippen molar-refractivity contribution in [2.75, 3.05) is 5.32 Å². The third-order valence-corrected chi connectivity index (χ3v) is 5.06. The summed E-state index contributed by atoms with van der Waals surface area (Å²) in [6.45, 7) is 4.51. The molecule has 0 saturated carbocycles. The number of ether oxygens (including phenoxy) is 1. The van der Waals surface area contributed by atoms with Gasteiger partial charge in [0, 0.05) is 23.7 Å². The Morgan fingerprint density at radius 2 is 1.68 bits per heavy atom. The van der Waals surface area contributed by atoms with Crippen LogP contribution in [0, 0.1) is 0 Å². The van der Waals surface area contributed by atoms with Gasteiger partial charge in [-0.1, -0.05) is 68.4 Å². The molecule has 1 N–H and O–H groups in total. The van der Waals surface area contributed by atoms with Gasteiger partial charge in [-0.05, 0) is 41.7 Å². The molecule has 0 spiro atoms. The zero-order valence-corrected chi connectivity index (χ0v) is 18.2. The lowest BCUT2D eigenvalue weighted by atomic mass is 9.96. The van der Waals surface area contributed by atoms with Crippen LogP contribution in [0.2, 0.25) is 0 Å². The second-order valence-corrected chi connectivity index (χ2v) is 7.55. The maximum Gasteiger partial charge on any atom is 0.228 e. The number of benzene rings is 3. The molecule has 0 aliphatic rings. The molecule has 0 fully saturated rings. The number of anilines is 1. The second kappa shape index (κ2) is 11.1. The summed E-state index contributed by atoms with van der Waals surface area (Å²) in [6, 6.07) is 23.1. The van der Waals surface area contributed by atoms with Crippen molar-refractivity contribution in [3.8, 4) is 5.75 Å². The van der Waals surface area contributed by atoms with Crippen LogP contribution in [-0.2, 0) is 24.2 Å². The lowest BCUT2D eigenvalue weighted by molar-refractivity contribution is -0.115. The Morgan fingerprint density at radius 1 is 0.871 bits per heavy atom. The fourth-order valence-corrected chi connectivity index (χ4v) is 3.48. The molecule has 31 heavy (non-hydrogen) atoms. The van der Waals surface area contributed by atoms with Gasteiger partial charge in [-0.2, -0.15) is 0 Å². The smallest absolute Gasteiger partial charge is 0.228 e. The van der Waals surface area contributed by atoms with Crippen LogP contribution in [0.15, 0.2) is 72.8 Å². The quantitative estimate of drug-likeness (QED) is 0.414. The fourth-order valence-electron chi connectivity index (χ4n) is 3.48. The van der Waals surface area contributed by atoms with Gasteiger partial charge in [0.1, 0.15) is 12.4 Å².